The van der Waals surface area contributed by atoms with Crippen molar-refractivity contribution >= 4 is 23.0 Å². The first-order valence-electron chi connectivity index (χ1n) is 10.4. The lowest BCUT2D eigenvalue weighted by Crippen LogP contribution is -2.44. The number of ether oxygens (including phenoxy) is 1. The van der Waals surface area contributed by atoms with Gasteiger partial charge >= 0.3 is 6.18 Å². The summed E-state index contributed by atoms with van der Waals surface area (Å²) in [6, 6.07) is 7.11. The Morgan fingerprint density at radius 2 is 2.06 bits per heavy atom. The number of piperidine rings is 1. The summed E-state index contributed by atoms with van der Waals surface area (Å²) < 4.78 is 58.8. The van der Waals surface area contributed by atoms with E-state index < -0.39 is 24.4 Å². The first-order valence-corrected chi connectivity index (χ1v) is 11.3. The van der Waals surface area contributed by atoms with E-state index in [0.29, 0.717) is 23.5 Å². The van der Waals surface area contributed by atoms with Gasteiger partial charge in [-0.25, -0.2) is 14.4 Å². The van der Waals surface area contributed by atoms with Crippen LogP contribution in [0.5, 0.6) is 5.88 Å². The number of alkyl halides is 4. The predicted octanol–water partition coefficient (Wildman–Crippen LogP) is 5.40. The maximum Gasteiger partial charge on any atom is 0.397 e. The molecule has 0 radical (unpaired) electrons. The average molecular weight is 482 g/mol. The van der Waals surface area contributed by atoms with Gasteiger partial charge in [0, 0.05) is 30.7 Å². The van der Waals surface area contributed by atoms with Crippen molar-refractivity contribution < 1.29 is 22.3 Å². The normalized spacial score (nSPS) is 19.8. The molecule has 4 rings (SSSR count). The number of aryl methyl sites for hydroxylation is 1. The molecular formula is C22H23F4N5OS. The van der Waals surface area contributed by atoms with E-state index in [1.54, 1.807) is 12.1 Å². The van der Waals surface area contributed by atoms with Crippen LogP contribution in [0.2, 0.25) is 0 Å². The maximum absolute atomic E-state index is 14.0. The Bertz CT molecular complexity index is 1110. The van der Waals surface area contributed by atoms with Crippen molar-refractivity contribution in [1.29, 1.82) is 0 Å². The molecule has 3 atom stereocenters. The van der Waals surface area contributed by atoms with Crippen LogP contribution in [0.1, 0.15) is 29.8 Å². The second-order valence-corrected chi connectivity index (χ2v) is 8.98. The third kappa shape index (κ3) is 5.77. The number of hydrogen-bond donors (Lipinski definition) is 2. The van der Waals surface area contributed by atoms with Gasteiger partial charge in [-0.05, 0) is 50.1 Å². The molecule has 0 bridgehead atoms. The monoisotopic (exact) mass is 481 g/mol. The van der Waals surface area contributed by atoms with Gasteiger partial charge in [0.2, 0.25) is 11.8 Å². The maximum atomic E-state index is 14.0. The Morgan fingerprint density at radius 3 is 2.82 bits per heavy atom. The van der Waals surface area contributed by atoms with Crippen LogP contribution in [0.4, 0.5) is 29.2 Å². The molecule has 0 aliphatic carbocycles. The lowest BCUT2D eigenvalue weighted by Gasteiger charge is -2.26. The molecule has 1 aliphatic rings. The number of halogens is 4. The van der Waals surface area contributed by atoms with E-state index in [0.717, 1.165) is 29.4 Å². The van der Waals surface area contributed by atoms with Gasteiger partial charge in [0.15, 0.2) is 0 Å². The number of hydrogen-bond acceptors (Lipinski definition) is 7. The zero-order valence-corrected chi connectivity index (χ0v) is 18.8. The molecule has 3 aromatic rings. The van der Waals surface area contributed by atoms with E-state index in [1.165, 1.54) is 12.4 Å². The minimum Gasteiger partial charge on any atom is -0.471 e. The first kappa shape index (κ1) is 23.4. The van der Waals surface area contributed by atoms with Gasteiger partial charge in [-0.2, -0.15) is 18.2 Å². The predicted molar refractivity (Wildman–Crippen MR) is 119 cm³/mol. The van der Waals surface area contributed by atoms with Crippen LogP contribution < -0.4 is 15.4 Å². The fourth-order valence-corrected chi connectivity index (χ4v) is 4.42. The molecule has 1 saturated heterocycles. The second kappa shape index (κ2) is 9.60. The number of rotatable bonds is 6. The summed E-state index contributed by atoms with van der Waals surface area (Å²) in [7, 11) is 0. The Kier molecular flexibility index (Phi) is 6.80. The molecule has 3 heterocycles. The van der Waals surface area contributed by atoms with Crippen LogP contribution in [0.3, 0.4) is 0 Å². The van der Waals surface area contributed by atoms with Gasteiger partial charge in [0.1, 0.15) is 23.2 Å². The fraction of sp³-hybridized carbons (Fsp3) is 0.409. The van der Waals surface area contributed by atoms with Crippen molar-refractivity contribution in [2.45, 2.75) is 44.6 Å². The molecule has 1 aliphatic heterocycles. The van der Waals surface area contributed by atoms with Crippen molar-refractivity contribution in [3.63, 3.8) is 0 Å². The quantitative estimate of drug-likeness (QED) is 0.460. The molecule has 0 spiro atoms. The van der Waals surface area contributed by atoms with Gasteiger partial charge in [0.05, 0.1) is 4.88 Å². The summed E-state index contributed by atoms with van der Waals surface area (Å²) in [5.41, 5.74) is 2.29. The van der Waals surface area contributed by atoms with Gasteiger partial charge < -0.3 is 15.4 Å². The van der Waals surface area contributed by atoms with Crippen molar-refractivity contribution in [3.05, 3.63) is 47.2 Å². The van der Waals surface area contributed by atoms with Gasteiger partial charge in [-0.15, -0.1) is 11.3 Å². The summed E-state index contributed by atoms with van der Waals surface area (Å²) in [5.74, 6) is -1.09. The van der Waals surface area contributed by atoms with Crippen LogP contribution in [-0.2, 0) is 0 Å². The molecule has 33 heavy (non-hydrogen) atoms. The van der Waals surface area contributed by atoms with Crippen LogP contribution in [-0.4, -0.2) is 46.5 Å². The molecule has 0 amide bonds. The number of nitrogens with one attached hydrogen (secondary N) is 2. The van der Waals surface area contributed by atoms with Gasteiger partial charge in [0.25, 0.3) is 0 Å². The zero-order valence-electron chi connectivity index (χ0n) is 18.0. The van der Waals surface area contributed by atoms with E-state index in [4.69, 9.17) is 4.74 Å². The van der Waals surface area contributed by atoms with Crippen LogP contribution in [0, 0.1) is 6.92 Å². The lowest BCUT2D eigenvalue weighted by atomic mass is 10.1. The van der Waals surface area contributed by atoms with Crippen molar-refractivity contribution in [2.24, 2.45) is 0 Å². The molecule has 1 fully saturated rings. The molecule has 0 saturated carbocycles. The summed E-state index contributed by atoms with van der Waals surface area (Å²) in [5, 5.41) is 6.09. The van der Waals surface area contributed by atoms with E-state index >= 15 is 0 Å². The fourth-order valence-electron chi connectivity index (χ4n) is 3.44. The summed E-state index contributed by atoms with van der Waals surface area (Å²) in [4.78, 5) is 13.1. The van der Waals surface area contributed by atoms with Crippen molar-refractivity contribution in [1.82, 2.24) is 20.3 Å². The Hall–Kier alpha value is -2.79. The lowest BCUT2D eigenvalue weighted by molar-refractivity contribution is -0.146. The number of thiazole rings is 1. The summed E-state index contributed by atoms with van der Waals surface area (Å²) in [6.07, 6.45) is -2.51. The highest BCUT2D eigenvalue weighted by Gasteiger charge is 2.39. The highest BCUT2D eigenvalue weighted by Crippen LogP contribution is 2.39. The minimum atomic E-state index is -4.34. The number of aromatic nitrogens is 3. The molecule has 6 nitrogen and oxygen atoms in total. The minimum absolute atomic E-state index is 0.0192. The number of anilines is 2. The standard InChI is InChI=1S/C22H23F4N5OS/c1-12-7-14(18-11-29-20(33-18)13(2)22(24,25)26)9-15(8-12)30-21-28-6-4-19(31-21)32-17-3-5-27-10-16(17)23/h4,6-9,11,13,16-17,27H,3,5,10H2,1-2H3,(H,28,30,31). The van der Waals surface area contributed by atoms with Crippen LogP contribution in [0.15, 0.2) is 36.7 Å². The van der Waals surface area contributed by atoms with Crippen LogP contribution in [0.25, 0.3) is 10.4 Å². The van der Waals surface area contributed by atoms with E-state index in [9.17, 15) is 17.6 Å². The van der Waals surface area contributed by atoms with Crippen molar-refractivity contribution in [2.75, 3.05) is 18.4 Å². The molecule has 2 aromatic heterocycles. The summed E-state index contributed by atoms with van der Waals surface area (Å²) >= 11 is 1.02. The summed E-state index contributed by atoms with van der Waals surface area (Å²) in [6.45, 7) is 3.91. The number of benzene rings is 1. The third-order valence-electron chi connectivity index (χ3n) is 5.25. The molecular weight excluding hydrogens is 458 g/mol. The molecule has 2 N–H and O–H groups in total. The molecule has 11 heteroatoms. The van der Waals surface area contributed by atoms with E-state index in [-0.39, 0.29) is 23.4 Å². The molecule has 3 unspecified atom stereocenters. The SMILES string of the molecule is Cc1cc(Nc2nccc(OC3CCNCC3F)n2)cc(-c2cnc(C(C)C(F)(F)F)s2)c1. The highest BCUT2D eigenvalue weighted by molar-refractivity contribution is 7.15. The molecule has 1 aromatic carbocycles. The smallest absolute Gasteiger partial charge is 0.397 e. The van der Waals surface area contributed by atoms with E-state index in [1.807, 2.05) is 19.1 Å². The Balaban J connectivity index is 1.51. The topological polar surface area (TPSA) is 72.0 Å². The highest BCUT2D eigenvalue weighted by atomic mass is 32.1. The third-order valence-corrected chi connectivity index (χ3v) is 6.48. The van der Waals surface area contributed by atoms with Gasteiger partial charge in [-0.3, -0.25) is 0 Å². The number of nitrogens with zero attached hydrogens (tertiary/aromatic N) is 3. The van der Waals surface area contributed by atoms with Crippen LogP contribution >= 0.6 is 11.3 Å². The average Bonchev–Trinajstić information content (AvgIpc) is 3.24. The first-order chi connectivity index (χ1) is 15.7. The van der Waals surface area contributed by atoms with E-state index in [2.05, 4.69) is 25.6 Å². The van der Waals surface area contributed by atoms with Gasteiger partial charge in [-0.1, -0.05) is 6.07 Å². The Labute approximate surface area is 192 Å². The second-order valence-electron chi connectivity index (χ2n) is 7.92. The zero-order chi connectivity index (χ0) is 23.6. The largest absolute Gasteiger partial charge is 0.471 e. The van der Waals surface area contributed by atoms with Crippen molar-refractivity contribution in [3.8, 4) is 16.3 Å². The Morgan fingerprint density at radius 1 is 1.24 bits per heavy atom. The molecule has 176 valence electrons.